The Kier molecular flexibility index (Phi) is 5.46. The molecule has 2 aromatic carbocycles. The normalized spacial score (nSPS) is 18.6. The predicted octanol–water partition coefficient (Wildman–Crippen LogP) is 4.14. The summed E-state index contributed by atoms with van der Waals surface area (Å²) in [5, 5.41) is 11.6. The standard InChI is InChI=1S/C23H22N2O6/c1-30-14-10-11-15(21(12-14)31-2)16-13-22(27)24(19-8-5-9-20(26)23(16)19)17-6-3-4-7-18(17)25(28)29/h3-4,6-7,10-12,16H,5,8-9,13H2,1-2H3. The second-order valence-electron chi connectivity index (χ2n) is 7.48. The highest BCUT2D eigenvalue weighted by molar-refractivity contribution is 6.08. The number of carbonyl (C=O) groups is 2. The van der Waals surface area contributed by atoms with Crippen LogP contribution in [0.1, 0.15) is 37.2 Å². The molecule has 1 amide bonds. The van der Waals surface area contributed by atoms with Crippen LogP contribution in [0.15, 0.2) is 53.7 Å². The van der Waals surface area contributed by atoms with Crippen molar-refractivity contribution in [3.05, 3.63) is 69.4 Å². The van der Waals surface area contributed by atoms with Gasteiger partial charge >= 0.3 is 0 Å². The molecule has 0 radical (unpaired) electrons. The SMILES string of the molecule is COc1ccc(C2CC(=O)N(c3ccccc3[N+](=O)[O-])C3=C2C(=O)CCC3)c(OC)c1. The average molecular weight is 422 g/mol. The van der Waals surface area contributed by atoms with Crippen LogP contribution in [-0.4, -0.2) is 30.8 Å². The zero-order valence-electron chi connectivity index (χ0n) is 17.3. The number of carbonyl (C=O) groups excluding carboxylic acids is 2. The number of nitro groups is 1. The van der Waals surface area contributed by atoms with E-state index in [1.54, 1.807) is 37.4 Å². The van der Waals surface area contributed by atoms with E-state index in [1.807, 2.05) is 6.07 Å². The molecule has 0 fully saturated rings. The average Bonchev–Trinajstić information content (AvgIpc) is 2.78. The van der Waals surface area contributed by atoms with E-state index in [-0.39, 0.29) is 29.5 Å². The summed E-state index contributed by atoms with van der Waals surface area (Å²) in [6, 6.07) is 11.4. The van der Waals surface area contributed by atoms with Crippen LogP contribution in [-0.2, 0) is 9.59 Å². The summed E-state index contributed by atoms with van der Waals surface area (Å²) in [6.07, 6.45) is 1.48. The molecule has 2 aromatic rings. The third-order valence-corrected chi connectivity index (χ3v) is 5.81. The number of hydrogen-bond donors (Lipinski definition) is 0. The molecule has 0 aromatic heterocycles. The van der Waals surface area contributed by atoms with Crippen molar-refractivity contribution in [3.63, 3.8) is 0 Å². The smallest absolute Gasteiger partial charge is 0.293 e. The number of nitrogens with zero attached hydrogens (tertiary/aromatic N) is 2. The zero-order valence-corrected chi connectivity index (χ0v) is 17.3. The number of allylic oxidation sites excluding steroid dienone is 2. The van der Waals surface area contributed by atoms with Gasteiger partial charge in [0.15, 0.2) is 5.78 Å². The molecule has 0 saturated heterocycles. The number of Topliss-reactive ketones (excluding diaryl/α,β-unsaturated/α-hetero) is 1. The first-order valence-corrected chi connectivity index (χ1v) is 10.0. The van der Waals surface area contributed by atoms with Crippen molar-refractivity contribution < 1.29 is 24.0 Å². The number of benzene rings is 2. The molecule has 1 heterocycles. The molecule has 4 rings (SSSR count). The number of methoxy groups -OCH3 is 2. The highest BCUT2D eigenvalue weighted by atomic mass is 16.6. The summed E-state index contributed by atoms with van der Waals surface area (Å²) in [6.45, 7) is 0. The lowest BCUT2D eigenvalue weighted by Crippen LogP contribution is -2.40. The monoisotopic (exact) mass is 422 g/mol. The maximum atomic E-state index is 13.3. The van der Waals surface area contributed by atoms with Gasteiger partial charge in [-0.3, -0.25) is 24.6 Å². The second-order valence-corrected chi connectivity index (χ2v) is 7.48. The van der Waals surface area contributed by atoms with Crippen molar-refractivity contribution in [3.8, 4) is 11.5 Å². The fourth-order valence-corrected chi connectivity index (χ4v) is 4.45. The molecule has 1 aliphatic carbocycles. The van der Waals surface area contributed by atoms with E-state index in [2.05, 4.69) is 0 Å². The van der Waals surface area contributed by atoms with Crippen molar-refractivity contribution in [1.29, 1.82) is 0 Å². The Morgan fingerprint density at radius 1 is 1.06 bits per heavy atom. The number of para-hydroxylation sites is 2. The van der Waals surface area contributed by atoms with Crippen LogP contribution in [0.2, 0.25) is 0 Å². The number of amides is 1. The lowest BCUT2D eigenvalue weighted by Gasteiger charge is -2.38. The summed E-state index contributed by atoms with van der Waals surface area (Å²) in [4.78, 5) is 38.8. The number of rotatable bonds is 5. The van der Waals surface area contributed by atoms with E-state index in [4.69, 9.17) is 9.47 Å². The van der Waals surface area contributed by atoms with Gasteiger partial charge in [0.05, 0.1) is 19.1 Å². The Morgan fingerprint density at radius 2 is 1.84 bits per heavy atom. The van der Waals surface area contributed by atoms with Gasteiger partial charge in [0, 0.05) is 47.7 Å². The third-order valence-electron chi connectivity index (χ3n) is 5.81. The Bertz CT molecular complexity index is 1110. The molecule has 0 spiro atoms. The van der Waals surface area contributed by atoms with Crippen LogP contribution < -0.4 is 14.4 Å². The molecule has 160 valence electrons. The highest BCUT2D eigenvalue weighted by Gasteiger charge is 2.42. The molecule has 8 heteroatoms. The van der Waals surface area contributed by atoms with Gasteiger partial charge in [-0.25, -0.2) is 0 Å². The number of hydrogen-bond acceptors (Lipinski definition) is 6. The molecule has 31 heavy (non-hydrogen) atoms. The summed E-state index contributed by atoms with van der Waals surface area (Å²) in [5.41, 5.74) is 1.83. The third kappa shape index (κ3) is 3.54. The molecule has 0 bridgehead atoms. The highest BCUT2D eigenvalue weighted by Crippen LogP contribution is 2.47. The maximum absolute atomic E-state index is 13.3. The molecule has 0 N–H and O–H groups in total. The first kappa shape index (κ1) is 20.6. The second kappa shape index (κ2) is 8.22. The molecule has 1 aliphatic heterocycles. The van der Waals surface area contributed by atoms with Crippen LogP contribution in [0.5, 0.6) is 11.5 Å². The lowest BCUT2D eigenvalue weighted by molar-refractivity contribution is -0.384. The molecule has 0 saturated carbocycles. The van der Waals surface area contributed by atoms with Gasteiger partial charge in [-0.2, -0.15) is 0 Å². The van der Waals surface area contributed by atoms with Gasteiger partial charge in [-0.15, -0.1) is 0 Å². The molecule has 2 aliphatic rings. The largest absolute Gasteiger partial charge is 0.497 e. The number of ketones is 1. The first-order valence-electron chi connectivity index (χ1n) is 10.0. The number of anilines is 1. The quantitative estimate of drug-likeness (QED) is 0.530. The Hall–Kier alpha value is -3.68. The van der Waals surface area contributed by atoms with E-state index in [9.17, 15) is 19.7 Å². The van der Waals surface area contributed by atoms with Crippen LogP contribution in [0.25, 0.3) is 0 Å². The van der Waals surface area contributed by atoms with E-state index in [1.165, 1.54) is 18.1 Å². The van der Waals surface area contributed by atoms with Crippen LogP contribution in [0, 0.1) is 10.1 Å². The predicted molar refractivity (Wildman–Crippen MR) is 113 cm³/mol. The lowest BCUT2D eigenvalue weighted by atomic mass is 9.76. The maximum Gasteiger partial charge on any atom is 0.293 e. The van der Waals surface area contributed by atoms with Crippen molar-refractivity contribution in [2.24, 2.45) is 0 Å². The van der Waals surface area contributed by atoms with Gasteiger partial charge in [0.1, 0.15) is 17.2 Å². The molecule has 8 nitrogen and oxygen atoms in total. The van der Waals surface area contributed by atoms with E-state index in [0.717, 1.165) is 5.56 Å². The van der Waals surface area contributed by atoms with Gasteiger partial charge in [-0.1, -0.05) is 18.2 Å². The minimum Gasteiger partial charge on any atom is -0.497 e. The minimum atomic E-state index is -0.508. The molecule has 1 atom stereocenters. The van der Waals surface area contributed by atoms with Crippen molar-refractivity contribution in [2.45, 2.75) is 31.6 Å². The summed E-state index contributed by atoms with van der Waals surface area (Å²) in [5.74, 6) is 0.330. The Morgan fingerprint density at radius 3 is 2.55 bits per heavy atom. The molecular weight excluding hydrogens is 400 g/mol. The molecule has 1 unspecified atom stereocenters. The van der Waals surface area contributed by atoms with Gasteiger partial charge < -0.3 is 9.47 Å². The number of ether oxygens (including phenoxy) is 2. The van der Waals surface area contributed by atoms with Gasteiger partial charge in [-0.05, 0) is 25.0 Å². The Balaban J connectivity index is 1.90. The van der Waals surface area contributed by atoms with Gasteiger partial charge in [0.2, 0.25) is 5.91 Å². The summed E-state index contributed by atoms with van der Waals surface area (Å²) in [7, 11) is 3.08. The van der Waals surface area contributed by atoms with Crippen LogP contribution in [0.3, 0.4) is 0 Å². The topological polar surface area (TPSA) is 99.0 Å². The van der Waals surface area contributed by atoms with Crippen molar-refractivity contribution in [1.82, 2.24) is 0 Å². The van der Waals surface area contributed by atoms with Crippen molar-refractivity contribution >= 4 is 23.1 Å². The minimum absolute atomic E-state index is 0.0132. The Labute approximate surface area is 179 Å². The summed E-state index contributed by atoms with van der Waals surface area (Å²) < 4.78 is 10.8. The first-order chi connectivity index (χ1) is 15.0. The van der Waals surface area contributed by atoms with Crippen molar-refractivity contribution in [2.75, 3.05) is 19.1 Å². The number of nitro benzene ring substituents is 1. The van der Waals surface area contributed by atoms with Gasteiger partial charge in [0.25, 0.3) is 5.69 Å². The van der Waals surface area contributed by atoms with Crippen LogP contribution >= 0.6 is 0 Å². The zero-order chi connectivity index (χ0) is 22.1. The van der Waals surface area contributed by atoms with Crippen LogP contribution in [0.4, 0.5) is 11.4 Å². The molecular formula is C23H22N2O6. The fourth-order valence-electron chi connectivity index (χ4n) is 4.45. The van der Waals surface area contributed by atoms with E-state index in [0.29, 0.717) is 42.0 Å². The van der Waals surface area contributed by atoms with E-state index >= 15 is 0 Å². The fraction of sp³-hybridized carbons (Fsp3) is 0.304. The van der Waals surface area contributed by atoms with E-state index < -0.39 is 10.8 Å². The summed E-state index contributed by atoms with van der Waals surface area (Å²) >= 11 is 0.